The molecule has 2 rings (SSSR count). The van der Waals surface area contributed by atoms with Crippen LogP contribution < -0.4 is 5.32 Å². The summed E-state index contributed by atoms with van der Waals surface area (Å²) in [4.78, 5) is 10.9. The number of fused-ring (bicyclic) bond motifs is 1. The summed E-state index contributed by atoms with van der Waals surface area (Å²) in [7, 11) is -4.22. The van der Waals surface area contributed by atoms with Gasteiger partial charge in [-0.25, -0.2) is 0 Å². The summed E-state index contributed by atoms with van der Waals surface area (Å²) >= 11 is 0. The molecule has 0 fully saturated rings. The van der Waals surface area contributed by atoms with Crippen molar-refractivity contribution in [2.24, 2.45) is 0 Å². The maximum absolute atomic E-state index is 11.0. The number of carbonyl (C=O) groups excluding carboxylic acids is 1. The van der Waals surface area contributed by atoms with Crippen molar-refractivity contribution in [3.05, 3.63) is 36.4 Å². The molecule has 0 saturated heterocycles. The molecule has 94 valence electrons. The molecule has 0 saturated carbocycles. The first-order valence-electron chi connectivity index (χ1n) is 5.16. The van der Waals surface area contributed by atoms with Gasteiger partial charge in [0, 0.05) is 18.0 Å². The summed E-state index contributed by atoms with van der Waals surface area (Å²) in [6.07, 6.45) is 0. The fourth-order valence-corrected chi connectivity index (χ4v) is 2.24. The maximum Gasteiger partial charge on any atom is 0.294 e. The van der Waals surface area contributed by atoms with Crippen LogP contribution in [0.25, 0.3) is 10.8 Å². The molecular formula is C12H11NO4S. The van der Waals surface area contributed by atoms with E-state index in [2.05, 4.69) is 5.32 Å². The van der Waals surface area contributed by atoms with Crippen molar-refractivity contribution in [3.63, 3.8) is 0 Å². The first kappa shape index (κ1) is 12.5. The Morgan fingerprint density at radius 2 is 1.94 bits per heavy atom. The highest BCUT2D eigenvalue weighted by Crippen LogP contribution is 2.25. The van der Waals surface area contributed by atoms with E-state index < -0.39 is 10.1 Å². The minimum absolute atomic E-state index is 0.171. The van der Waals surface area contributed by atoms with Gasteiger partial charge >= 0.3 is 0 Å². The zero-order valence-electron chi connectivity index (χ0n) is 9.54. The SMILES string of the molecule is CC(=O)Nc1cccc2cc(S(=O)(=O)O)ccc12. The van der Waals surface area contributed by atoms with Crippen molar-refractivity contribution < 1.29 is 17.8 Å². The highest BCUT2D eigenvalue weighted by molar-refractivity contribution is 7.85. The number of anilines is 1. The molecule has 0 bridgehead atoms. The van der Waals surface area contributed by atoms with Gasteiger partial charge in [-0.15, -0.1) is 0 Å². The van der Waals surface area contributed by atoms with E-state index in [-0.39, 0.29) is 10.8 Å². The number of benzene rings is 2. The van der Waals surface area contributed by atoms with Crippen molar-refractivity contribution in [2.45, 2.75) is 11.8 Å². The number of hydrogen-bond acceptors (Lipinski definition) is 3. The van der Waals surface area contributed by atoms with Gasteiger partial charge < -0.3 is 5.32 Å². The Kier molecular flexibility index (Phi) is 3.06. The minimum atomic E-state index is -4.22. The molecule has 5 nitrogen and oxygen atoms in total. The highest BCUT2D eigenvalue weighted by atomic mass is 32.2. The van der Waals surface area contributed by atoms with Crippen LogP contribution in [0.5, 0.6) is 0 Å². The van der Waals surface area contributed by atoms with Crippen molar-refractivity contribution in [1.29, 1.82) is 0 Å². The molecule has 18 heavy (non-hydrogen) atoms. The summed E-state index contributed by atoms with van der Waals surface area (Å²) in [6, 6.07) is 9.32. The smallest absolute Gasteiger partial charge is 0.294 e. The van der Waals surface area contributed by atoms with Crippen LogP contribution in [0, 0.1) is 0 Å². The van der Waals surface area contributed by atoms with E-state index in [9.17, 15) is 13.2 Å². The number of rotatable bonds is 2. The minimum Gasteiger partial charge on any atom is -0.326 e. The summed E-state index contributed by atoms with van der Waals surface area (Å²) in [5.74, 6) is -0.207. The van der Waals surface area contributed by atoms with Gasteiger partial charge in [-0.2, -0.15) is 8.42 Å². The van der Waals surface area contributed by atoms with Crippen molar-refractivity contribution in [2.75, 3.05) is 5.32 Å². The average Bonchev–Trinajstić information content (AvgIpc) is 2.27. The fourth-order valence-electron chi connectivity index (χ4n) is 1.72. The summed E-state index contributed by atoms with van der Waals surface area (Å²) in [5, 5.41) is 3.99. The van der Waals surface area contributed by atoms with Crippen LogP contribution in [-0.2, 0) is 14.9 Å². The standard InChI is InChI=1S/C12H11NO4S/c1-8(14)13-12-4-2-3-9-7-10(18(15,16)17)5-6-11(9)12/h2-7H,1H3,(H,13,14)(H,15,16,17). The Morgan fingerprint density at radius 1 is 1.22 bits per heavy atom. The first-order valence-corrected chi connectivity index (χ1v) is 6.60. The second-order valence-corrected chi connectivity index (χ2v) is 5.27. The zero-order chi connectivity index (χ0) is 13.3. The fraction of sp³-hybridized carbons (Fsp3) is 0.0833. The molecule has 2 aromatic carbocycles. The quantitative estimate of drug-likeness (QED) is 0.814. The topological polar surface area (TPSA) is 83.5 Å². The predicted molar refractivity (Wildman–Crippen MR) is 68.1 cm³/mol. The van der Waals surface area contributed by atoms with Crippen molar-refractivity contribution in [1.82, 2.24) is 0 Å². The predicted octanol–water partition coefficient (Wildman–Crippen LogP) is 2.04. The summed E-state index contributed by atoms with van der Waals surface area (Å²) in [5.41, 5.74) is 0.599. The van der Waals surface area contributed by atoms with E-state index >= 15 is 0 Å². The van der Waals surface area contributed by atoms with Crippen LogP contribution in [0.3, 0.4) is 0 Å². The van der Waals surface area contributed by atoms with Crippen LogP contribution in [0.15, 0.2) is 41.3 Å². The van der Waals surface area contributed by atoms with Crippen LogP contribution in [0.2, 0.25) is 0 Å². The summed E-state index contributed by atoms with van der Waals surface area (Å²) < 4.78 is 31.0. The van der Waals surface area contributed by atoms with E-state index in [0.29, 0.717) is 16.5 Å². The molecule has 0 spiro atoms. The average molecular weight is 265 g/mol. The van der Waals surface area contributed by atoms with Gasteiger partial charge in [0.1, 0.15) is 0 Å². The number of carbonyl (C=O) groups is 1. The second-order valence-electron chi connectivity index (χ2n) is 3.84. The monoisotopic (exact) mass is 265 g/mol. The lowest BCUT2D eigenvalue weighted by Crippen LogP contribution is -2.06. The zero-order valence-corrected chi connectivity index (χ0v) is 10.4. The first-order chi connectivity index (χ1) is 8.38. The Labute approximate surface area is 104 Å². The Balaban J connectivity index is 2.64. The molecule has 0 aliphatic rings. The Bertz CT molecular complexity index is 722. The Hall–Kier alpha value is -1.92. The second kappa shape index (κ2) is 4.40. The molecule has 1 amide bonds. The lowest BCUT2D eigenvalue weighted by atomic mass is 10.1. The number of nitrogens with one attached hydrogen (secondary N) is 1. The van der Waals surface area contributed by atoms with Gasteiger partial charge in [-0.05, 0) is 23.6 Å². The molecule has 0 aliphatic heterocycles. The molecule has 0 aliphatic carbocycles. The van der Waals surface area contributed by atoms with Crippen LogP contribution in [-0.4, -0.2) is 18.9 Å². The van der Waals surface area contributed by atoms with E-state index in [1.54, 1.807) is 24.3 Å². The molecule has 0 unspecified atom stereocenters. The van der Waals surface area contributed by atoms with Gasteiger partial charge in [-0.3, -0.25) is 9.35 Å². The normalized spacial score (nSPS) is 11.4. The van der Waals surface area contributed by atoms with Crippen LogP contribution in [0.4, 0.5) is 5.69 Å². The molecule has 0 radical (unpaired) electrons. The third-order valence-corrected chi connectivity index (χ3v) is 3.31. The number of amides is 1. The highest BCUT2D eigenvalue weighted by Gasteiger charge is 2.11. The lowest BCUT2D eigenvalue weighted by Gasteiger charge is -2.07. The largest absolute Gasteiger partial charge is 0.326 e. The van der Waals surface area contributed by atoms with E-state index in [4.69, 9.17) is 4.55 Å². The third-order valence-electron chi connectivity index (χ3n) is 2.46. The van der Waals surface area contributed by atoms with Gasteiger partial charge in [0.05, 0.1) is 4.90 Å². The van der Waals surface area contributed by atoms with Crippen LogP contribution in [0.1, 0.15) is 6.92 Å². The molecular weight excluding hydrogens is 254 g/mol. The third kappa shape index (κ3) is 2.49. The maximum atomic E-state index is 11.0. The summed E-state index contributed by atoms with van der Waals surface area (Å²) in [6.45, 7) is 1.39. The van der Waals surface area contributed by atoms with Gasteiger partial charge in [-0.1, -0.05) is 18.2 Å². The number of hydrogen-bond donors (Lipinski definition) is 2. The molecule has 2 N–H and O–H groups in total. The molecule has 0 atom stereocenters. The van der Waals surface area contributed by atoms with Crippen LogP contribution >= 0.6 is 0 Å². The molecule has 2 aromatic rings. The van der Waals surface area contributed by atoms with Gasteiger partial charge in [0.2, 0.25) is 5.91 Å². The van der Waals surface area contributed by atoms with Gasteiger partial charge in [0.15, 0.2) is 0 Å². The van der Waals surface area contributed by atoms with Crippen molar-refractivity contribution in [3.8, 4) is 0 Å². The lowest BCUT2D eigenvalue weighted by molar-refractivity contribution is -0.114. The van der Waals surface area contributed by atoms with Crippen molar-refractivity contribution >= 4 is 32.5 Å². The van der Waals surface area contributed by atoms with E-state index in [1.807, 2.05) is 0 Å². The van der Waals surface area contributed by atoms with E-state index in [1.165, 1.54) is 19.1 Å². The Morgan fingerprint density at radius 3 is 2.56 bits per heavy atom. The van der Waals surface area contributed by atoms with E-state index in [0.717, 1.165) is 0 Å². The van der Waals surface area contributed by atoms with Gasteiger partial charge in [0.25, 0.3) is 10.1 Å². The molecule has 6 heteroatoms. The molecule has 0 heterocycles. The molecule has 0 aromatic heterocycles.